The average molecular weight is 193 g/mol. The molecule has 0 radical (unpaired) electrons. The molecule has 0 amide bonds. The van der Waals surface area contributed by atoms with Crippen molar-refractivity contribution in [3.63, 3.8) is 0 Å². The molecular formula is C11H12FNO. The summed E-state index contributed by atoms with van der Waals surface area (Å²) in [5, 5.41) is 0. The van der Waals surface area contributed by atoms with E-state index in [2.05, 4.69) is 11.7 Å². The molecule has 1 aromatic carbocycles. The first-order valence-electron chi connectivity index (χ1n) is 4.65. The van der Waals surface area contributed by atoms with Gasteiger partial charge in [0.05, 0.1) is 12.3 Å². The fourth-order valence-corrected chi connectivity index (χ4v) is 1.81. The summed E-state index contributed by atoms with van der Waals surface area (Å²) >= 11 is 0. The Balaban J connectivity index is 2.64. The highest BCUT2D eigenvalue weighted by atomic mass is 19.1. The summed E-state index contributed by atoms with van der Waals surface area (Å²) in [6.45, 7) is 5.95. The van der Waals surface area contributed by atoms with Crippen LogP contribution in [0.5, 0.6) is 5.75 Å². The molecule has 0 aliphatic carbocycles. The molecule has 0 spiro atoms. The number of benzene rings is 1. The molecule has 0 atom stereocenters. The molecule has 74 valence electrons. The Bertz CT molecular complexity index is 387. The Morgan fingerprint density at radius 1 is 1.57 bits per heavy atom. The van der Waals surface area contributed by atoms with Crippen molar-refractivity contribution < 1.29 is 9.13 Å². The summed E-state index contributed by atoms with van der Waals surface area (Å²) in [5.41, 5.74) is 2.54. The summed E-state index contributed by atoms with van der Waals surface area (Å²) in [5.74, 6) is 0.0776. The van der Waals surface area contributed by atoms with Gasteiger partial charge in [-0.2, -0.15) is 0 Å². The smallest absolute Gasteiger partial charge is 0.167 e. The van der Waals surface area contributed by atoms with Crippen molar-refractivity contribution in [1.29, 1.82) is 0 Å². The van der Waals surface area contributed by atoms with Crippen molar-refractivity contribution in [1.82, 2.24) is 0 Å². The van der Waals surface area contributed by atoms with Gasteiger partial charge in [0, 0.05) is 11.6 Å². The maximum atomic E-state index is 13.5. The molecule has 2 rings (SSSR count). The van der Waals surface area contributed by atoms with Crippen molar-refractivity contribution >= 4 is 12.4 Å². The van der Waals surface area contributed by atoms with Crippen LogP contribution in [0.2, 0.25) is 0 Å². The first-order chi connectivity index (χ1) is 6.74. The van der Waals surface area contributed by atoms with Crippen LogP contribution in [0.15, 0.2) is 11.1 Å². The molecule has 3 heteroatoms. The zero-order chi connectivity index (χ0) is 10.1. The van der Waals surface area contributed by atoms with E-state index < -0.39 is 0 Å². The van der Waals surface area contributed by atoms with Crippen LogP contribution in [0, 0.1) is 12.7 Å². The van der Waals surface area contributed by atoms with Crippen LogP contribution in [0.3, 0.4) is 0 Å². The van der Waals surface area contributed by atoms with Gasteiger partial charge in [-0.1, -0.05) is 0 Å². The van der Waals surface area contributed by atoms with E-state index in [0.717, 1.165) is 24.0 Å². The van der Waals surface area contributed by atoms with Gasteiger partial charge >= 0.3 is 0 Å². The fraction of sp³-hybridized carbons (Fsp3) is 0.364. The molecule has 2 nitrogen and oxygen atoms in total. The number of hydrogen-bond donors (Lipinski definition) is 0. The minimum Gasteiger partial charge on any atom is -0.490 e. The highest BCUT2D eigenvalue weighted by Gasteiger charge is 2.19. The first-order valence-corrected chi connectivity index (χ1v) is 4.65. The lowest BCUT2D eigenvalue weighted by atomic mass is 9.99. The molecule has 1 aromatic rings. The van der Waals surface area contributed by atoms with Crippen molar-refractivity contribution in [2.24, 2.45) is 4.99 Å². The molecule has 14 heavy (non-hydrogen) atoms. The summed E-state index contributed by atoms with van der Waals surface area (Å²) in [7, 11) is 0. The molecule has 0 N–H and O–H groups in total. The third kappa shape index (κ3) is 1.29. The largest absolute Gasteiger partial charge is 0.490 e. The summed E-state index contributed by atoms with van der Waals surface area (Å²) in [4.78, 5) is 3.79. The lowest BCUT2D eigenvalue weighted by Crippen LogP contribution is -2.11. The highest BCUT2D eigenvalue weighted by Crippen LogP contribution is 2.35. The van der Waals surface area contributed by atoms with Gasteiger partial charge in [-0.15, -0.1) is 0 Å². The molecule has 1 heterocycles. The average Bonchev–Trinajstić information content (AvgIpc) is 2.23. The van der Waals surface area contributed by atoms with E-state index in [1.54, 1.807) is 0 Å². The van der Waals surface area contributed by atoms with Gasteiger partial charge in [-0.05, 0) is 32.0 Å². The predicted molar refractivity (Wildman–Crippen MR) is 54.2 cm³/mol. The monoisotopic (exact) mass is 193 g/mol. The van der Waals surface area contributed by atoms with Gasteiger partial charge in [0.15, 0.2) is 11.6 Å². The van der Waals surface area contributed by atoms with Crippen LogP contribution >= 0.6 is 0 Å². The topological polar surface area (TPSA) is 21.6 Å². The number of ether oxygens (including phenoxy) is 1. The van der Waals surface area contributed by atoms with Crippen molar-refractivity contribution in [2.45, 2.75) is 19.8 Å². The van der Waals surface area contributed by atoms with Crippen molar-refractivity contribution in [3.8, 4) is 5.75 Å². The zero-order valence-electron chi connectivity index (χ0n) is 8.14. The van der Waals surface area contributed by atoms with Gasteiger partial charge in [0.25, 0.3) is 0 Å². The van der Waals surface area contributed by atoms with Gasteiger partial charge in [-0.25, -0.2) is 4.39 Å². The number of aliphatic imine (C=N–C) groups is 1. The number of hydrogen-bond acceptors (Lipinski definition) is 2. The second kappa shape index (κ2) is 3.40. The summed E-state index contributed by atoms with van der Waals surface area (Å²) in [6, 6.07) is 1.38. The van der Waals surface area contributed by atoms with Crippen LogP contribution in [-0.4, -0.2) is 13.3 Å². The van der Waals surface area contributed by atoms with Crippen LogP contribution in [0.4, 0.5) is 10.1 Å². The molecule has 0 saturated carbocycles. The number of nitrogens with zero attached hydrogens (tertiary/aromatic N) is 1. The maximum absolute atomic E-state index is 13.5. The molecule has 0 saturated heterocycles. The van der Waals surface area contributed by atoms with E-state index in [0.29, 0.717) is 18.0 Å². The Kier molecular flexibility index (Phi) is 2.23. The molecule has 0 unspecified atom stereocenters. The SMILES string of the molecule is C=Nc1cc(F)c2c(c1C)CCCO2. The van der Waals surface area contributed by atoms with Crippen molar-refractivity contribution in [2.75, 3.05) is 6.61 Å². The number of rotatable bonds is 1. The molecule has 0 fully saturated rings. The molecule has 1 aliphatic rings. The molecule has 1 aliphatic heterocycles. The third-order valence-corrected chi connectivity index (χ3v) is 2.58. The Morgan fingerprint density at radius 3 is 3.07 bits per heavy atom. The fourth-order valence-electron chi connectivity index (χ4n) is 1.81. The van der Waals surface area contributed by atoms with Gasteiger partial charge in [0.2, 0.25) is 0 Å². The van der Waals surface area contributed by atoms with Gasteiger partial charge in [-0.3, -0.25) is 4.99 Å². The van der Waals surface area contributed by atoms with Crippen LogP contribution in [0.1, 0.15) is 17.5 Å². The van der Waals surface area contributed by atoms with Crippen LogP contribution in [0.25, 0.3) is 0 Å². The maximum Gasteiger partial charge on any atom is 0.167 e. The number of halogens is 1. The van der Waals surface area contributed by atoms with E-state index >= 15 is 0 Å². The lowest BCUT2D eigenvalue weighted by molar-refractivity contribution is 0.273. The van der Waals surface area contributed by atoms with Gasteiger partial charge < -0.3 is 4.74 Å². The Morgan fingerprint density at radius 2 is 2.36 bits per heavy atom. The second-order valence-corrected chi connectivity index (χ2v) is 3.42. The molecule has 0 aromatic heterocycles. The quantitative estimate of drug-likeness (QED) is 0.628. The number of fused-ring (bicyclic) bond motifs is 1. The van der Waals surface area contributed by atoms with E-state index in [-0.39, 0.29) is 5.82 Å². The van der Waals surface area contributed by atoms with E-state index in [4.69, 9.17) is 4.74 Å². The summed E-state index contributed by atoms with van der Waals surface area (Å²) in [6.07, 6.45) is 1.80. The third-order valence-electron chi connectivity index (χ3n) is 2.58. The van der Waals surface area contributed by atoms with Crippen LogP contribution < -0.4 is 4.74 Å². The second-order valence-electron chi connectivity index (χ2n) is 3.42. The standard InChI is InChI=1S/C11H12FNO/c1-7-8-4-3-5-14-11(8)9(12)6-10(7)13-2/h6H,2-5H2,1H3. The van der Waals surface area contributed by atoms with E-state index in [1.165, 1.54) is 6.07 Å². The van der Waals surface area contributed by atoms with Crippen LogP contribution in [-0.2, 0) is 6.42 Å². The van der Waals surface area contributed by atoms with E-state index in [1.807, 2.05) is 6.92 Å². The Labute approximate surface area is 82.4 Å². The first kappa shape index (κ1) is 9.19. The normalized spacial score (nSPS) is 14.4. The summed E-state index contributed by atoms with van der Waals surface area (Å²) < 4.78 is 18.8. The highest BCUT2D eigenvalue weighted by molar-refractivity contribution is 5.59. The minimum absolute atomic E-state index is 0.326. The molecular weight excluding hydrogens is 181 g/mol. The van der Waals surface area contributed by atoms with E-state index in [9.17, 15) is 4.39 Å². The lowest BCUT2D eigenvalue weighted by Gasteiger charge is -2.20. The zero-order valence-corrected chi connectivity index (χ0v) is 8.14. The van der Waals surface area contributed by atoms with Crippen molar-refractivity contribution in [3.05, 3.63) is 23.0 Å². The predicted octanol–water partition coefficient (Wildman–Crippen LogP) is 2.79. The molecule has 0 bridgehead atoms. The minimum atomic E-state index is -0.326. The van der Waals surface area contributed by atoms with Gasteiger partial charge in [0.1, 0.15) is 0 Å². The Hall–Kier alpha value is -1.38.